The van der Waals surface area contributed by atoms with E-state index in [4.69, 9.17) is 35.4 Å². The molecule has 0 radical (unpaired) electrons. The molecule has 1 amide bonds. The van der Waals surface area contributed by atoms with Crippen LogP contribution in [-0.4, -0.2) is 16.0 Å². The molecule has 0 saturated heterocycles. The Kier molecular flexibility index (Phi) is 5.88. The van der Waals surface area contributed by atoms with Crippen LogP contribution in [0.4, 0.5) is 5.13 Å². The van der Waals surface area contributed by atoms with E-state index in [1.54, 1.807) is 18.2 Å². The standard InChI is InChI=1S/C18H13Cl2N3OS2/c1-10-8-15-14(9-13(10)20)21-18(26-15)23-17(25)22-16(24)7-4-11-2-5-12(19)6-3-11/h2-9H,1H3,(H2,21,22,23,24,25)/b7-4+. The zero-order valence-corrected chi connectivity index (χ0v) is 16.7. The van der Waals surface area contributed by atoms with Crippen molar-refractivity contribution in [2.75, 3.05) is 5.32 Å². The molecule has 26 heavy (non-hydrogen) atoms. The van der Waals surface area contributed by atoms with Crippen LogP contribution in [0.1, 0.15) is 11.1 Å². The van der Waals surface area contributed by atoms with Crippen molar-refractivity contribution in [2.45, 2.75) is 6.92 Å². The minimum Gasteiger partial charge on any atom is -0.308 e. The van der Waals surface area contributed by atoms with Crippen molar-refractivity contribution in [3.63, 3.8) is 0 Å². The number of nitrogens with one attached hydrogen (secondary N) is 2. The van der Waals surface area contributed by atoms with Crippen LogP contribution >= 0.6 is 46.8 Å². The third-order valence-electron chi connectivity index (χ3n) is 3.42. The number of benzene rings is 2. The second-order valence-corrected chi connectivity index (χ2v) is 7.70. The fraction of sp³-hybridized carbons (Fsp3) is 0.0556. The highest BCUT2D eigenvalue weighted by molar-refractivity contribution is 7.80. The molecule has 0 aliphatic heterocycles. The topological polar surface area (TPSA) is 54.0 Å². The number of fused-ring (bicyclic) bond motifs is 1. The summed E-state index contributed by atoms with van der Waals surface area (Å²) in [7, 11) is 0. The summed E-state index contributed by atoms with van der Waals surface area (Å²) in [5.74, 6) is -0.336. The Hall–Kier alpha value is -1.99. The van der Waals surface area contributed by atoms with Crippen LogP contribution in [0.3, 0.4) is 0 Å². The van der Waals surface area contributed by atoms with Crippen molar-refractivity contribution in [2.24, 2.45) is 0 Å². The summed E-state index contributed by atoms with van der Waals surface area (Å²) in [6.07, 6.45) is 3.08. The van der Waals surface area contributed by atoms with Crippen LogP contribution in [0, 0.1) is 6.92 Å². The van der Waals surface area contributed by atoms with Gasteiger partial charge < -0.3 is 5.32 Å². The molecule has 0 bridgehead atoms. The Bertz CT molecular complexity index is 974. The second kappa shape index (κ2) is 8.14. The number of hydrogen-bond donors (Lipinski definition) is 2. The number of anilines is 1. The number of thiocarbonyl (C=S) groups is 1. The summed E-state index contributed by atoms with van der Waals surface area (Å²) in [5, 5.41) is 7.58. The molecule has 1 aromatic heterocycles. The molecule has 2 N–H and O–H groups in total. The maximum Gasteiger partial charge on any atom is 0.250 e. The van der Waals surface area contributed by atoms with Gasteiger partial charge in [0.15, 0.2) is 10.2 Å². The Morgan fingerprint density at radius 2 is 1.96 bits per heavy atom. The van der Waals surface area contributed by atoms with Gasteiger partial charge in [-0.05, 0) is 60.6 Å². The summed E-state index contributed by atoms with van der Waals surface area (Å²) in [4.78, 5) is 16.4. The fourth-order valence-electron chi connectivity index (χ4n) is 2.13. The number of carbonyl (C=O) groups excluding carboxylic acids is 1. The van der Waals surface area contributed by atoms with Crippen LogP contribution in [-0.2, 0) is 4.79 Å². The van der Waals surface area contributed by atoms with Gasteiger partial charge in [0.2, 0.25) is 5.91 Å². The van der Waals surface area contributed by atoms with Crippen LogP contribution in [0.15, 0.2) is 42.5 Å². The van der Waals surface area contributed by atoms with Crippen LogP contribution in [0.2, 0.25) is 10.0 Å². The molecule has 3 rings (SSSR count). The molecule has 0 aliphatic rings. The minimum atomic E-state index is -0.336. The lowest BCUT2D eigenvalue weighted by atomic mass is 10.2. The van der Waals surface area contributed by atoms with E-state index in [0.717, 1.165) is 21.3 Å². The maximum absolute atomic E-state index is 12.0. The molecule has 2 aromatic carbocycles. The molecule has 0 saturated carbocycles. The van der Waals surface area contributed by atoms with Gasteiger partial charge in [0.1, 0.15) is 0 Å². The van der Waals surface area contributed by atoms with E-state index in [-0.39, 0.29) is 11.0 Å². The molecule has 3 aromatic rings. The Balaban J connectivity index is 1.61. The quantitative estimate of drug-likeness (QED) is 0.436. The van der Waals surface area contributed by atoms with Gasteiger partial charge in [-0.3, -0.25) is 10.1 Å². The van der Waals surface area contributed by atoms with Gasteiger partial charge in [-0.15, -0.1) is 0 Å². The van der Waals surface area contributed by atoms with Crippen molar-refractivity contribution in [1.29, 1.82) is 0 Å². The molecule has 0 spiro atoms. The smallest absolute Gasteiger partial charge is 0.250 e. The first kappa shape index (κ1) is 18.8. The van der Waals surface area contributed by atoms with Crippen molar-refractivity contribution in [1.82, 2.24) is 10.3 Å². The van der Waals surface area contributed by atoms with E-state index < -0.39 is 0 Å². The molecule has 4 nitrogen and oxygen atoms in total. The molecular formula is C18H13Cl2N3OS2. The van der Waals surface area contributed by atoms with Crippen LogP contribution in [0.5, 0.6) is 0 Å². The Morgan fingerprint density at radius 1 is 1.23 bits per heavy atom. The second-order valence-electron chi connectivity index (χ2n) is 5.42. The van der Waals surface area contributed by atoms with E-state index in [2.05, 4.69) is 15.6 Å². The van der Waals surface area contributed by atoms with Gasteiger partial charge in [0.05, 0.1) is 10.2 Å². The lowest BCUT2D eigenvalue weighted by Crippen LogP contribution is -2.32. The van der Waals surface area contributed by atoms with Crippen LogP contribution < -0.4 is 10.6 Å². The van der Waals surface area contributed by atoms with Crippen molar-refractivity contribution < 1.29 is 4.79 Å². The monoisotopic (exact) mass is 421 g/mol. The van der Waals surface area contributed by atoms with Gasteiger partial charge in [0.25, 0.3) is 0 Å². The third kappa shape index (κ3) is 4.80. The number of halogens is 2. The number of hydrogen-bond acceptors (Lipinski definition) is 4. The largest absolute Gasteiger partial charge is 0.308 e. The molecule has 8 heteroatoms. The lowest BCUT2D eigenvalue weighted by molar-refractivity contribution is -0.115. The molecule has 0 unspecified atom stereocenters. The summed E-state index contributed by atoms with van der Waals surface area (Å²) in [5.41, 5.74) is 2.63. The number of thiazole rings is 1. The van der Waals surface area contributed by atoms with Gasteiger partial charge >= 0.3 is 0 Å². The van der Waals surface area contributed by atoms with E-state index in [0.29, 0.717) is 15.2 Å². The number of nitrogens with zero attached hydrogens (tertiary/aromatic N) is 1. The van der Waals surface area contributed by atoms with E-state index in [9.17, 15) is 4.79 Å². The maximum atomic E-state index is 12.0. The molecule has 0 atom stereocenters. The number of amides is 1. The Morgan fingerprint density at radius 3 is 2.69 bits per heavy atom. The number of aromatic nitrogens is 1. The van der Waals surface area contributed by atoms with Gasteiger partial charge in [-0.2, -0.15) is 0 Å². The minimum absolute atomic E-state index is 0.178. The SMILES string of the molecule is Cc1cc2sc(NC(=S)NC(=O)/C=C/c3ccc(Cl)cc3)nc2cc1Cl. The molecule has 0 fully saturated rings. The predicted molar refractivity (Wildman–Crippen MR) is 114 cm³/mol. The number of aryl methyl sites for hydroxylation is 1. The highest BCUT2D eigenvalue weighted by atomic mass is 35.5. The first-order valence-electron chi connectivity index (χ1n) is 7.53. The summed E-state index contributed by atoms with van der Waals surface area (Å²) in [6.45, 7) is 1.94. The third-order valence-corrected chi connectivity index (χ3v) is 5.22. The molecule has 132 valence electrons. The average molecular weight is 422 g/mol. The zero-order valence-electron chi connectivity index (χ0n) is 13.5. The number of carbonyl (C=O) groups is 1. The Labute approximate surface area is 169 Å². The highest BCUT2D eigenvalue weighted by Gasteiger charge is 2.09. The summed E-state index contributed by atoms with van der Waals surface area (Å²) >= 11 is 18.5. The normalized spacial score (nSPS) is 11.0. The van der Waals surface area contributed by atoms with Crippen LogP contribution in [0.25, 0.3) is 16.3 Å². The highest BCUT2D eigenvalue weighted by Crippen LogP contribution is 2.30. The first-order valence-corrected chi connectivity index (χ1v) is 9.51. The summed E-state index contributed by atoms with van der Waals surface area (Å²) in [6, 6.07) is 10.9. The van der Waals surface area contributed by atoms with E-state index >= 15 is 0 Å². The lowest BCUT2D eigenvalue weighted by Gasteiger charge is -2.04. The molecular weight excluding hydrogens is 409 g/mol. The van der Waals surface area contributed by atoms with Gasteiger partial charge in [-0.1, -0.05) is 46.7 Å². The molecule has 1 heterocycles. The molecule has 0 aliphatic carbocycles. The zero-order chi connectivity index (χ0) is 18.7. The first-order chi connectivity index (χ1) is 12.4. The van der Waals surface area contributed by atoms with Crippen molar-refractivity contribution in [3.8, 4) is 0 Å². The van der Waals surface area contributed by atoms with Gasteiger partial charge in [0, 0.05) is 16.1 Å². The predicted octanol–water partition coefficient (Wildman–Crippen LogP) is 5.44. The van der Waals surface area contributed by atoms with E-state index in [1.165, 1.54) is 17.4 Å². The number of rotatable bonds is 3. The van der Waals surface area contributed by atoms with Gasteiger partial charge in [-0.25, -0.2) is 4.98 Å². The average Bonchev–Trinajstić information content (AvgIpc) is 2.95. The van der Waals surface area contributed by atoms with E-state index in [1.807, 2.05) is 31.2 Å². The summed E-state index contributed by atoms with van der Waals surface area (Å²) < 4.78 is 0.992. The van der Waals surface area contributed by atoms with Crippen molar-refractivity contribution >= 4 is 79.2 Å². The fourth-order valence-corrected chi connectivity index (χ4v) is 3.63. The van der Waals surface area contributed by atoms with Crippen molar-refractivity contribution in [3.05, 3.63) is 63.6 Å².